The standard InChI is InChI=1S/C15H20BrFO/c1-2-3-4-5-6-7-8-15(18)13-10-9-12(17)11-14(13)16/h9-11H,2-8H2,1H3. The van der Waals surface area contributed by atoms with Crippen LogP contribution < -0.4 is 0 Å². The number of ketones is 1. The molecule has 0 N–H and O–H groups in total. The highest BCUT2D eigenvalue weighted by molar-refractivity contribution is 9.10. The van der Waals surface area contributed by atoms with Gasteiger partial charge in [0.15, 0.2) is 5.78 Å². The Balaban J connectivity index is 2.32. The summed E-state index contributed by atoms with van der Waals surface area (Å²) in [6.45, 7) is 2.19. The third-order valence-electron chi connectivity index (χ3n) is 2.99. The molecule has 0 aliphatic heterocycles. The number of benzene rings is 1. The Morgan fingerprint density at radius 3 is 2.50 bits per heavy atom. The first-order valence-corrected chi connectivity index (χ1v) is 7.42. The first-order chi connectivity index (χ1) is 8.65. The summed E-state index contributed by atoms with van der Waals surface area (Å²) in [6.07, 6.45) is 7.54. The van der Waals surface area contributed by atoms with Crippen molar-refractivity contribution in [1.29, 1.82) is 0 Å². The smallest absolute Gasteiger partial charge is 0.164 e. The second-order valence-corrected chi connectivity index (χ2v) is 5.42. The van der Waals surface area contributed by atoms with Crippen molar-refractivity contribution >= 4 is 21.7 Å². The van der Waals surface area contributed by atoms with Crippen LogP contribution in [0.3, 0.4) is 0 Å². The van der Waals surface area contributed by atoms with Gasteiger partial charge in [-0.05, 0) is 40.5 Å². The zero-order valence-electron chi connectivity index (χ0n) is 10.8. The number of Topliss-reactive ketones (excluding diaryl/α,β-unsaturated/α-hetero) is 1. The maximum atomic E-state index is 12.9. The van der Waals surface area contributed by atoms with Crippen molar-refractivity contribution in [2.24, 2.45) is 0 Å². The molecule has 1 rings (SSSR count). The zero-order chi connectivity index (χ0) is 13.4. The second kappa shape index (κ2) is 8.41. The van der Waals surface area contributed by atoms with E-state index in [4.69, 9.17) is 0 Å². The van der Waals surface area contributed by atoms with Crippen LogP contribution in [0, 0.1) is 5.82 Å². The summed E-state index contributed by atoms with van der Waals surface area (Å²) in [6, 6.07) is 4.23. The summed E-state index contributed by atoms with van der Waals surface area (Å²) in [7, 11) is 0. The van der Waals surface area contributed by atoms with Crippen LogP contribution in [0.15, 0.2) is 22.7 Å². The molecule has 0 saturated carbocycles. The van der Waals surface area contributed by atoms with E-state index in [1.54, 1.807) is 6.07 Å². The number of halogens is 2. The molecular formula is C15H20BrFO. The van der Waals surface area contributed by atoms with Gasteiger partial charge in [-0.15, -0.1) is 0 Å². The average Bonchev–Trinajstić information content (AvgIpc) is 2.33. The molecular weight excluding hydrogens is 295 g/mol. The number of hydrogen-bond acceptors (Lipinski definition) is 1. The van der Waals surface area contributed by atoms with Crippen molar-refractivity contribution in [2.45, 2.75) is 51.9 Å². The first-order valence-electron chi connectivity index (χ1n) is 6.63. The van der Waals surface area contributed by atoms with Crippen LogP contribution in [0.25, 0.3) is 0 Å². The van der Waals surface area contributed by atoms with E-state index in [1.807, 2.05) is 0 Å². The van der Waals surface area contributed by atoms with Crippen molar-refractivity contribution < 1.29 is 9.18 Å². The molecule has 0 fully saturated rings. The van der Waals surface area contributed by atoms with Crippen LogP contribution in [-0.4, -0.2) is 5.78 Å². The molecule has 0 atom stereocenters. The fraction of sp³-hybridized carbons (Fsp3) is 0.533. The van der Waals surface area contributed by atoms with Crippen molar-refractivity contribution in [1.82, 2.24) is 0 Å². The maximum absolute atomic E-state index is 12.9. The maximum Gasteiger partial charge on any atom is 0.164 e. The molecule has 0 spiro atoms. The Kier molecular flexibility index (Phi) is 7.18. The largest absolute Gasteiger partial charge is 0.294 e. The third kappa shape index (κ3) is 5.30. The minimum absolute atomic E-state index is 0.0948. The highest BCUT2D eigenvalue weighted by atomic mass is 79.9. The van der Waals surface area contributed by atoms with Gasteiger partial charge in [0.2, 0.25) is 0 Å². The van der Waals surface area contributed by atoms with Crippen LogP contribution >= 0.6 is 15.9 Å². The average molecular weight is 315 g/mol. The minimum atomic E-state index is -0.321. The van der Waals surface area contributed by atoms with Crippen LogP contribution in [0.2, 0.25) is 0 Å². The predicted octanol–water partition coefficient (Wildman–Crippen LogP) is 5.52. The molecule has 0 aliphatic carbocycles. The highest BCUT2D eigenvalue weighted by Crippen LogP contribution is 2.20. The normalized spacial score (nSPS) is 10.6. The molecule has 1 aromatic carbocycles. The highest BCUT2D eigenvalue weighted by Gasteiger charge is 2.10. The quantitative estimate of drug-likeness (QED) is 0.456. The number of hydrogen-bond donors (Lipinski definition) is 0. The molecule has 0 saturated heterocycles. The van der Waals surface area contributed by atoms with Gasteiger partial charge in [-0.3, -0.25) is 4.79 Å². The molecule has 0 aromatic heterocycles. The SMILES string of the molecule is CCCCCCCCC(=O)c1ccc(F)cc1Br. The van der Waals surface area contributed by atoms with E-state index in [2.05, 4.69) is 22.9 Å². The molecule has 1 aromatic rings. The van der Waals surface area contributed by atoms with Gasteiger partial charge in [0.05, 0.1) is 0 Å². The summed E-state index contributed by atoms with van der Waals surface area (Å²) in [4.78, 5) is 11.9. The fourth-order valence-electron chi connectivity index (χ4n) is 1.92. The van der Waals surface area contributed by atoms with Crippen LogP contribution in [0.1, 0.15) is 62.2 Å². The molecule has 0 radical (unpaired) electrons. The lowest BCUT2D eigenvalue weighted by Gasteiger charge is -2.04. The Morgan fingerprint density at radius 2 is 1.83 bits per heavy atom. The molecule has 1 nitrogen and oxygen atoms in total. The molecule has 3 heteroatoms. The van der Waals surface area contributed by atoms with Gasteiger partial charge in [0, 0.05) is 16.5 Å². The van der Waals surface area contributed by atoms with Gasteiger partial charge in [0.1, 0.15) is 5.82 Å². The van der Waals surface area contributed by atoms with E-state index in [1.165, 1.54) is 37.8 Å². The summed E-state index contributed by atoms with van der Waals surface area (Å²) >= 11 is 3.23. The summed E-state index contributed by atoms with van der Waals surface area (Å²) in [5, 5.41) is 0. The summed E-state index contributed by atoms with van der Waals surface area (Å²) < 4.78 is 13.4. The Hall–Kier alpha value is -0.700. The number of unbranched alkanes of at least 4 members (excludes halogenated alkanes) is 5. The number of rotatable bonds is 8. The third-order valence-corrected chi connectivity index (χ3v) is 3.65. The van der Waals surface area contributed by atoms with Crippen LogP contribution in [-0.2, 0) is 0 Å². The van der Waals surface area contributed by atoms with Gasteiger partial charge in [-0.25, -0.2) is 4.39 Å². The molecule has 0 unspecified atom stereocenters. The minimum Gasteiger partial charge on any atom is -0.294 e. The van der Waals surface area contributed by atoms with E-state index < -0.39 is 0 Å². The topological polar surface area (TPSA) is 17.1 Å². The molecule has 100 valence electrons. The molecule has 0 heterocycles. The van der Waals surface area contributed by atoms with E-state index in [0.29, 0.717) is 16.5 Å². The summed E-state index contributed by atoms with van der Waals surface area (Å²) in [5.41, 5.74) is 0.588. The lowest BCUT2D eigenvalue weighted by molar-refractivity contribution is 0.0978. The monoisotopic (exact) mass is 314 g/mol. The van der Waals surface area contributed by atoms with E-state index in [9.17, 15) is 9.18 Å². The molecule has 0 aliphatic rings. The van der Waals surface area contributed by atoms with Crippen LogP contribution in [0.4, 0.5) is 4.39 Å². The van der Waals surface area contributed by atoms with Gasteiger partial charge in [0.25, 0.3) is 0 Å². The number of carbonyl (C=O) groups is 1. The fourth-order valence-corrected chi connectivity index (χ4v) is 2.49. The predicted molar refractivity (Wildman–Crippen MR) is 76.4 cm³/mol. The van der Waals surface area contributed by atoms with Gasteiger partial charge in [-0.2, -0.15) is 0 Å². The van der Waals surface area contributed by atoms with Crippen molar-refractivity contribution in [3.8, 4) is 0 Å². The summed E-state index contributed by atoms with van der Waals surface area (Å²) in [5.74, 6) is -0.227. The first kappa shape index (κ1) is 15.4. The van der Waals surface area contributed by atoms with E-state index in [-0.39, 0.29) is 11.6 Å². The van der Waals surface area contributed by atoms with E-state index >= 15 is 0 Å². The molecule has 0 amide bonds. The van der Waals surface area contributed by atoms with Gasteiger partial charge in [-0.1, -0.05) is 39.0 Å². The Labute approximate surface area is 117 Å². The Morgan fingerprint density at radius 1 is 1.17 bits per heavy atom. The van der Waals surface area contributed by atoms with Gasteiger partial charge >= 0.3 is 0 Å². The second-order valence-electron chi connectivity index (χ2n) is 4.57. The van der Waals surface area contributed by atoms with E-state index in [0.717, 1.165) is 12.8 Å². The lowest BCUT2D eigenvalue weighted by atomic mass is 10.0. The van der Waals surface area contributed by atoms with Crippen molar-refractivity contribution in [3.05, 3.63) is 34.1 Å². The molecule has 0 bridgehead atoms. The van der Waals surface area contributed by atoms with Gasteiger partial charge < -0.3 is 0 Å². The lowest BCUT2D eigenvalue weighted by Crippen LogP contribution is -2.00. The zero-order valence-corrected chi connectivity index (χ0v) is 12.4. The van der Waals surface area contributed by atoms with Crippen LogP contribution in [0.5, 0.6) is 0 Å². The van der Waals surface area contributed by atoms with Crippen molar-refractivity contribution in [2.75, 3.05) is 0 Å². The molecule has 18 heavy (non-hydrogen) atoms. The number of carbonyl (C=O) groups excluding carboxylic acids is 1. The van der Waals surface area contributed by atoms with Crippen molar-refractivity contribution in [3.63, 3.8) is 0 Å². The Bertz CT molecular complexity index is 390.